The number of hydrogen-bond acceptors (Lipinski definition) is 2. The van der Waals surface area contributed by atoms with E-state index in [0.717, 1.165) is 11.4 Å². The molecule has 2 nitrogen and oxygen atoms in total. The predicted molar refractivity (Wildman–Crippen MR) is 73.1 cm³/mol. The molecule has 1 heterocycles. The fraction of sp³-hybridized carbons (Fsp3) is 0.333. The highest BCUT2D eigenvalue weighted by atomic mass is 14.7. The Hall–Kier alpha value is -1.70. The van der Waals surface area contributed by atoms with Crippen molar-refractivity contribution < 1.29 is 0 Å². The van der Waals surface area contributed by atoms with Crippen LogP contribution in [0, 0.1) is 5.92 Å². The third-order valence-corrected chi connectivity index (χ3v) is 3.25. The van der Waals surface area contributed by atoms with E-state index in [2.05, 4.69) is 42.9 Å². The van der Waals surface area contributed by atoms with Crippen LogP contribution in [-0.2, 0) is 0 Å². The van der Waals surface area contributed by atoms with Gasteiger partial charge in [0.25, 0.3) is 0 Å². The maximum Gasteiger partial charge on any atom is 0.0707 e. The molecule has 17 heavy (non-hydrogen) atoms. The molecule has 2 rings (SSSR count). The van der Waals surface area contributed by atoms with Gasteiger partial charge in [0.1, 0.15) is 0 Å². The number of rotatable bonds is 1. The lowest BCUT2D eigenvalue weighted by atomic mass is 9.83. The fourth-order valence-electron chi connectivity index (χ4n) is 2.58. The van der Waals surface area contributed by atoms with Crippen LogP contribution in [0.5, 0.6) is 0 Å². The van der Waals surface area contributed by atoms with Crippen molar-refractivity contribution in [3.8, 4) is 0 Å². The normalized spacial score (nSPS) is 22.9. The van der Waals surface area contributed by atoms with E-state index < -0.39 is 0 Å². The second-order valence-electron chi connectivity index (χ2n) is 4.46. The number of allylic oxidation sites excluding steroid dienone is 4. The third kappa shape index (κ3) is 2.07. The molecule has 0 N–H and O–H groups in total. The van der Waals surface area contributed by atoms with Gasteiger partial charge in [0.2, 0.25) is 0 Å². The van der Waals surface area contributed by atoms with Crippen molar-refractivity contribution in [2.45, 2.75) is 20.8 Å². The van der Waals surface area contributed by atoms with Gasteiger partial charge in [-0.2, -0.15) is 0 Å². The van der Waals surface area contributed by atoms with E-state index in [1.165, 1.54) is 16.7 Å². The molecule has 0 spiro atoms. The third-order valence-electron chi connectivity index (χ3n) is 3.25. The summed E-state index contributed by atoms with van der Waals surface area (Å²) in [6.07, 6.45) is 4.10. The summed E-state index contributed by atoms with van der Waals surface area (Å²) in [5.74, 6) is 0.396. The second kappa shape index (κ2) is 4.66. The van der Waals surface area contributed by atoms with Crippen LogP contribution >= 0.6 is 0 Å². The van der Waals surface area contributed by atoms with Crippen molar-refractivity contribution >= 4 is 11.3 Å². The first kappa shape index (κ1) is 11.8. The van der Waals surface area contributed by atoms with Gasteiger partial charge in [-0.15, -0.1) is 0 Å². The van der Waals surface area contributed by atoms with Gasteiger partial charge in [-0.05, 0) is 37.1 Å². The lowest BCUT2D eigenvalue weighted by Gasteiger charge is -2.23. The van der Waals surface area contributed by atoms with Crippen LogP contribution in [0.3, 0.4) is 0 Å². The minimum atomic E-state index is 0.396. The van der Waals surface area contributed by atoms with Gasteiger partial charge in [0, 0.05) is 30.4 Å². The molecule has 0 saturated carbocycles. The van der Waals surface area contributed by atoms with E-state index in [9.17, 15) is 0 Å². The van der Waals surface area contributed by atoms with Crippen molar-refractivity contribution in [2.24, 2.45) is 10.9 Å². The van der Waals surface area contributed by atoms with Crippen LogP contribution in [0.4, 0.5) is 0 Å². The molecule has 0 aliphatic heterocycles. The van der Waals surface area contributed by atoms with Gasteiger partial charge in [-0.25, -0.2) is 0 Å². The predicted octanol–water partition coefficient (Wildman–Crippen LogP) is 3.52. The summed E-state index contributed by atoms with van der Waals surface area (Å²) < 4.78 is 0. The van der Waals surface area contributed by atoms with Crippen LogP contribution in [-0.4, -0.2) is 17.7 Å². The van der Waals surface area contributed by atoms with E-state index in [4.69, 9.17) is 0 Å². The van der Waals surface area contributed by atoms with Gasteiger partial charge < -0.3 is 0 Å². The van der Waals surface area contributed by atoms with Gasteiger partial charge in [0.15, 0.2) is 0 Å². The highest BCUT2D eigenvalue weighted by Crippen LogP contribution is 2.32. The van der Waals surface area contributed by atoms with Crippen LogP contribution in [0.2, 0.25) is 0 Å². The molecule has 0 fully saturated rings. The van der Waals surface area contributed by atoms with E-state index in [1.54, 1.807) is 0 Å². The molecule has 1 atom stereocenters. The van der Waals surface area contributed by atoms with Crippen molar-refractivity contribution in [1.82, 2.24) is 4.98 Å². The zero-order valence-electron chi connectivity index (χ0n) is 10.9. The zero-order chi connectivity index (χ0) is 12.4. The van der Waals surface area contributed by atoms with E-state index >= 15 is 0 Å². The van der Waals surface area contributed by atoms with Gasteiger partial charge in [-0.1, -0.05) is 19.1 Å². The Labute approximate surface area is 103 Å². The second-order valence-corrected chi connectivity index (χ2v) is 4.46. The SMILES string of the molecule is CN=C1C(C)=C(c2ccccn2)C(C)=CC1C. The van der Waals surface area contributed by atoms with Gasteiger partial charge in [0.05, 0.1) is 5.69 Å². The van der Waals surface area contributed by atoms with Crippen LogP contribution in [0.25, 0.3) is 5.57 Å². The number of aromatic nitrogens is 1. The average Bonchev–Trinajstić information content (AvgIpc) is 2.30. The van der Waals surface area contributed by atoms with Crippen LogP contribution in [0.1, 0.15) is 26.5 Å². The van der Waals surface area contributed by atoms with Crippen LogP contribution in [0.15, 0.2) is 46.6 Å². The summed E-state index contributed by atoms with van der Waals surface area (Å²) in [6, 6.07) is 6.02. The Morgan fingerprint density at radius 2 is 2.00 bits per heavy atom. The molecule has 0 bridgehead atoms. The Morgan fingerprint density at radius 1 is 1.24 bits per heavy atom. The highest BCUT2D eigenvalue weighted by molar-refractivity contribution is 6.11. The Kier molecular flexibility index (Phi) is 3.23. The van der Waals surface area contributed by atoms with Gasteiger partial charge >= 0.3 is 0 Å². The molecular formula is C15H18N2. The van der Waals surface area contributed by atoms with Crippen molar-refractivity contribution in [2.75, 3.05) is 7.05 Å². The summed E-state index contributed by atoms with van der Waals surface area (Å²) in [4.78, 5) is 8.85. The summed E-state index contributed by atoms with van der Waals surface area (Å²) in [5.41, 5.74) is 5.96. The maximum atomic E-state index is 4.44. The topological polar surface area (TPSA) is 25.2 Å². The Morgan fingerprint density at radius 3 is 2.59 bits per heavy atom. The first-order chi connectivity index (χ1) is 8.15. The van der Waals surface area contributed by atoms with Crippen molar-refractivity contribution in [3.05, 3.63) is 47.3 Å². The molecule has 1 aliphatic carbocycles. The van der Waals surface area contributed by atoms with E-state index in [-0.39, 0.29) is 0 Å². The quantitative estimate of drug-likeness (QED) is 0.719. The summed E-state index contributed by atoms with van der Waals surface area (Å²) in [7, 11) is 1.86. The lowest BCUT2D eigenvalue weighted by Crippen LogP contribution is -2.17. The van der Waals surface area contributed by atoms with Gasteiger partial charge in [-0.3, -0.25) is 9.98 Å². The monoisotopic (exact) mass is 226 g/mol. The zero-order valence-corrected chi connectivity index (χ0v) is 10.9. The molecule has 2 heteroatoms. The minimum Gasteiger partial charge on any atom is -0.292 e. The Bertz CT molecular complexity index is 507. The molecule has 1 aromatic heterocycles. The number of aliphatic imine (C=N–C) groups is 1. The molecule has 1 aliphatic rings. The first-order valence-corrected chi connectivity index (χ1v) is 5.93. The maximum absolute atomic E-state index is 4.44. The molecule has 1 aromatic rings. The molecule has 0 radical (unpaired) electrons. The molecule has 88 valence electrons. The van der Waals surface area contributed by atoms with Crippen molar-refractivity contribution in [3.63, 3.8) is 0 Å². The molecule has 1 unspecified atom stereocenters. The largest absolute Gasteiger partial charge is 0.292 e. The minimum absolute atomic E-state index is 0.396. The molecule has 0 aromatic carbocycles. The first-order valence-electron chi connectivity index (χ1n) is 5.93. The van der Waals surface area contributed by atoms with Crippen LogP contribution < -0.4 is 0 Å². The number of hydrogen-bond donors (Lipinski definition) is 0. The molecule has 0 amide bonds. The fourth-order valence-corrected chi connectivity index (χ4v) is 2.58. The molecular weight excluding hydrogens is 208 g/mol. The smallest absolute Gasteiger partial charge is 0.0707 e. The summed E-state index contributed by atoms with van der Waals surface area (Å²) >= 11 is 0. The summed E-state index contributed by atoms with van der Waals surface area (Å²) in [6.45, 7) is 6.47. The highest BCUT2D eigenvalue weighted by Gasteiger charge is 2.21. The van der Waals surface area contributed by atoms with E-state index in [0.29, 0.717) is 5.92 Å². The number of nitrogens with zero attached hydrogens (tertiary/aromatic N) is 2. The average molecular weight is 226 g/mol. The van der Waals surface area contributed by atoms with E-state index in [1.807, 2.05) is 25.4 Å². The Balaban J connectivity index is 2.59. The van der Waals surface area contributed by atoms with Crippen molar-refractivity contribution in [1.29, 1.82) is 0 Å². The lowest BCUT2D eigenvalue weighted by molar-refractivity contribution is 0.964. The molecule has 0 saturated heterocycles. The number of pyridine rings is 1. The summed E-state index contributed by atoms with van der Waals surface area (Å²) in [5, 5.41) is 0. The standard InChI is InChI=1S/C15H18N2/c1-10-9-11(2)15(16-4)12(3)14(10)13-7-5-6-8-17-13/h5-9,11H,1-4H3.